The molecule has 2 heterocycles. The van der Waals surface area contributed by atoms with Crippen LogP contribution in [0.25, 0.3) is 11.0 Å². The summed E-state index contributed by atoms with van der Waals surface area (Å²) >= 11 is 0. The van der Waals surface area contributed by atoms with Gasteiger partial charge in [0.25, 0.3) is 0 Å². The highest BCUT2D eigenvalue weighted by atomic mass is 15.3. The fraction of sp³-hybridized carbons (Fsp3) is 0.167. The van der Waals surface area contributed by atoms with Crippen LogP contribution in [-0.4, -0.2) is 31.5 Å². The van der Waals surface area contributed by atoms with Crippen molar-refractivity contribution in [2.45, 2.75) is 6.54 Å². The van der Waals surface area contributed by atoms with Crippen LogP contribution < -0.4 is 5.32 Å². The summed E-state index contributed by atoms with van der Waals surface area (Å²) in [6.07, 6.45) is 3.68. The predicted molar refractivity (Wildman–Crippen MR) is 68.0 cm³/mol. The van der Waals surface area contributed by atoms with Crippen molar-refractivity contribution in [3.8, 4) is 0 Å². The van der Waals surface area contributed by atoms with Crippen molar-refractivity contribution in [1.82, 2.24) is 25.0 Å². The Hall–Kier alpha value is -2.50. The van der Waals surface area contributed by atoms with E-state index in [1.165, 1.54) is 0 Å². The van der Waals surface area contributed by atoms with Crippen molar-refractivity contribution in [2.24, 2.45) is 0 Å². The molecular formula is C12H12N6. The van der Waals surface area contributed by atoms with Gasteiger partial charge >= 0.3 is 0 Å². The number of hydrogen-bond acceptors (Lipinski definition) is 5. The maximum absolute atomic E-state index is 4.38. The topological polar surface area (TPSA) is 68.5 Å². The van der Waals surface area contributed by atoms with E-state index in [4.69, 9.17) is 0 Å². The zero-order chi connectivity index (χ0) is 12.2. The van der Waals surface area contributed by atoms with Gasteiger partial charge in [0.1, 0.15) is 5.52 Å². The SMILES string of the molecule is c1ccc2nc(NCCn3cccn3)nnc2c1. The zero-order valence-electron chi connectivity index (χ0n) is 9.69. The first-order valence-corrected chi connectivity index (χ1v) is 5.72. The van der Waals surface area contributed by atoms with E-state index >= 15 is 0 Å². The summed E-state index contributed by atoms with van der Waals surface area (Å²) in [6.45, 7) is 1.48. The molecule has 0 saturated carbocycles. The molecule has 90 valence electrons. The number of hydrogen-bond donors (Lipinski definition) is 1. The van der Waals surface area contributed by atoms with Crippen molar-refractivity contribution >= 4 is 17.0 Å². The molecule has 6 nitrogen and oxygen atoms in total. The van der Waals surface area contributed by atoms with Gasteiger partial charge in [-0.05, 0) is 18.2 Å². The van der Waals surface area contributed by atoms with Crippen LogP contribution in [0.1, 0.15) is 0 Å². The smallest absolute Gasteiger partial charge is 0.243 e. The summed E-state index contributed by atoms with van der Waals surface area (Å²) in [7, 11) is 0. The van der Waals surface area contributed by atoms with E-state index < -0.39 is 0 Å². The van der Waals surface area contributed by atoms with Crippen LogP contribution in [0.5, 0.6) is 0 Å². The van der Waals surface area contributed by atoms with E-state index in [0.29, 0.717) is 12.5 Å². The molecule has 0 aliphatic rings. The molecule has 3 aromatic rings. The van der Waals surface area contributed by atoms with Crippen LogP contribution >= 0.6 is 0 Å². The van der Waals surface area contributed by atoms with Crippen molar-refractivity contribution in [2.75, 3.05) is 11.9 Å². The van der Waals surface area contributed by atoms with Crippen LogP contribution in [0.3, 0.4) is 0 Å². The Morgan fingerprint density at radius 1 is 1.06 bits per heavy atom. The largest absolute Gasteiger partial charge is 0.351 e. The number of nitrogens with one attached hydrogen (secondary N) is 1. The third kappa shape index (κ3) is 2.27. The second-order valence-corrected chi connectivity index (χ2v) is 3.82. The summed E-state index contributed by atoms with van der Waals surface area (Å²) in [4.78, 5) is 4.38. The monoisotopic (exact) mass is 240 g/mol. The lowest BCUT2D eigenvalue weighted by atomic mass is 10.3. The Balaban J connectivity index is 1.67. The second kappa shape index (κ2) is 4.79. The molecule has 0 bridgehead atoms. The number of benzene rings is 1. The summed E-state index contributed by atoms with van der Waals surface area (Å²) in [5.41, 5.74) is 1.64. The van der Waals surface area contributed by atoms with E-state index in [2.05, 4.69) is 25.6 Å². The van der Waals surface area contributed by atoms with E-state index in [-0.39, 0.29) is 0 Å². The zero-order valence-corrected chi connectivity index (χ0v) is 9.69. The second-order valence-electron chi connectivity index (χ2n) is 3.82. The summed E-state index contributed by atoms with van der Waals surface area (Å²) < 4.78 is 1.85. The maximum Gasteiger partial charge on any atom is 0.243 e. The van der Waals surface area contributed by atoms with Gasteiger partial charge in [0.05, 0.1) is 12.1 Å². The first-order valence-electron chi connectivity index (χ1n) is 5.72. The fourth-order valence-electron chi connectivity index (χ4n) is 1.67. The molecule has 0 fully saturated rings. The minimum absolute atomic E-state index is 0.542. The van der Waals surface area contributed by atoms with E-state index in [1.807, 2.05) is 41.2 Å². The molecule has 1 aromatic carbocycles. The van der Waals surface area contributed by atoms with Crippen molar-refractivity contribution in [3.05, 3.63) is 42.7 Å². The van der Waals surface area contributed by atoms with Gasteiger partial charge in [-0.1, -0.05) is 12.1 Å². The normalized spacial score (nSPS) is 10.7. The van der Waals surface area contributed by atoms with Crippen molar-refractivity contribution in [1.29, 1.82) is 0 Å². The van der Waals surface area contributed by atoms with Gasteiger partial charge in [-0.3, -0.25) is 4.68 Å². The lowest BCUT2D eigenvalue weighted by molar-refractivity contribution is 0.635. The highest BCUT2D eigenvalue weighted by Gasteiger charge is 2.00. The van der Waals surface area contributed by atoms with Crippen molar-refractivity contribution in [3.63, 3.8) is 0 Å². The number of fused-ring (bicyclic) bond motifs is 1. The molecule has 3 rings (SSSR count). The Labute approximate surface area is 104 Å². The molecular weight excluding hydrogens is 228 g/mol. The Kier molecular flexibility index (Phi) is 2.83. The predicted octanol–water partition coefficient (Wildman–Crippen LogP) is 1.33. The number of nitrogens with zero attached hydrogens (tertiary/aromatic N) is 5. The van der Waals surface area contributed by atoms with Gasteiger partial charge in [0.2, 0.25) is 5.95 Å². The molecule has 0 aliphatic carbocycles. The average molecular weight is 240 g/mol. The lowest BCUT2D eigenvalue weighted by Gasteiger charge is -2.04. The van der Waals surface area contributed by atoms with Crippen LogP contribution in [0.4, 0.5) is 5.95 Å². The third-order valence-electron chi connectivity index (χ3n) is 2.54. The summed E-state index contributed by atoms with van der Waals surface area (Å²) in [5, 5.41) is 15.4. The minimum Gasteiger partial charge on any atom is -0.351 e. The van der Waals surface area contributed by atoms with Gasteiger partial charge in [0, 0.05) is 18.9 Å². The van der Waals surface area contributed by atoms with Gasteiger partial charge in [-0.2, -0.15) is 5.10 Å². The average Bonchev–Trinajstić information content (AvgIpc) is 2.92. The van der Waals surface area contributed by atoms with Gasteiger partial charge in [-0.15, -0.1) is 10.2 Å². The lowest BCUT2D eigenvalue weighted by Crippen LogP contribution is -2.13. The Morgan fingerprint density at radius 3 is 2.78 bits per heavy atom. The molecule has 0 amide bonds. The maximum atomic E-state index is 4.38. The van der Waals surface area contributed by atoms with Gasteiger partial charge in [-0.25, -0.2) is 4.98 Å². The molecule has 0 atom stereocenters. The summed E-state index contributed by atoms with van der Waals surface area (Å²) in [6, 6.07) is 9.56. The number of anilines is 1. The van der Waals surface area contributed by atoms with Crippen LogP contribution in [-0.2, 0) is 6.54 Å². The van der Waals surface area contributed by atoms with E-state index in [0.717, 1.165) is 17.6 Å². The summed E-state index contributed by atoms with van der Waals surface area (Å²) in [5.74, 6) is 0.542. The Morgan fingerprint density at radius 2 is 1.94 bits per heavy atom. The first kappa shape index (κ1) is 10.6. The van der Waals surface area contributed by atoms with Crippen LogP contribution in [0.2, 0.25) is 0 Å². The van der Waals surface area contributed by atoms with Crippen LogP contribution in [0.15, 0.2) is 42.7 Å². The standard InChI is InChI=1S/C12H12N6/c1-2-5-11-10(4-1)15-12(17-16-11)13-7-9-18-8-3-6-14-18/h1-6,8H,7,9H2,(H,13,15,17). The van der Waals surface area contributed by atoms with Gasteiger partial charge in [0.15, 0.2) is 0 Å². The molecule has 0 radical (unpaired) electrons. The number of aromatic nitrogens is 5. The molecule has 0 aliphatic heterocycles. The number of para-hydroxylation sites is 1. The molecule has 0 unspecified atom stereocenters. The van der Waals surface area contributed by atoms with Gasteiger partial charge < -0.3 is 5.32 Å². The van der Waals surface area contributed by atoms with E-state index in [9.17, 15) is 0 Å². The fourth-order valence-corrected chi connectivity index (χ4v) is 1.67. The molecule has 6 heteroatoms. The highest BCUT2D eigenvalue weighted by molar-refractivity contribution is 5.73. The molecule has 18 heavy (non-hydrogen) atoms. The van der Waals surface area contributed by atoms with Crippen LogP contribution in [0, 0.1) is 0 Å². The first-order chi connectivity index (χ1) is 8.92. The molecule has 0 saturated heterocycles. The molecule has 0 spiro atoms. The Bertz CT molecular complexity index is 634. The van der Waals surface area contributed by atoms with Crippen molar-refractivity contribution < 1.29 is 0 Å². The van der Waals surface area contributed by atoms with E-state index in [1.54, 1.807) is 6.20 Å². The minimum atomic E-state index is 0.542. The quantitative estimate of drug-likeness (QED) is 0.745. The number of rotatable bonds is 4. The highest BCUT2D eigenvalue weighted by Crippen LogP contribution is 2.08. The third-order valence-corrected chi connectivity index (χ3v) is 2.54. The molecule has 2 aromatic heterocycles. The molecule has 1 N–H and O–H groups in total.